The van der Waals surface area contributed by atoms with Gasteiger partial charge in [-0.15, -0.1) is 0 Å². The van der Waals surface area contributed by atoms with E-state index in [0.717, 1.165) is 30.0 Å². The number of carbonyl (C=O) groups excluding carboxylic acids is 1. The minimum atomic E-state index is -0.286. The molecular weight excluding hydrogens is 358 g/mol. The van der Waals surface area contributed by atoms with Crippen LogP contribution in [-0.2, 0) is 4.79 Å². The van der Waals surface area contributed by atoms with Gasteiger partial charge in [-0.05, 0) is 62.2 Å². The van der Waals surface area contributed by atoms with E-state index in [9.17, 15) is 4.79 Å². The van der Waals surface area contributed by atoms with Gasteiger partial charge in [0.25, 0.3) is 5.91 Å². The normalized spacial score (nSPS) is 13.7. The fourth-order valence-corrected chi connectivity index (χ4v) is 3.39. The first-order chi connectivity index (χ1) is 13.1. The maximum absolute atomic E-state index is 12.1. The number of nitrogens with one attached hydrogen (secondary N) is 2. The summed E-state index contributed by atoms with van der Waals surface area (Å²) in [6, 6.07) is 15.6. The summed E-state index contributed by atoms with van der Waals surface area (Å²) >= 11 is 5.31. The van der Waals surface area contributed by atoms with Crippen LogP contribution in [0.3, 0.4) is 0 Å². The van der Waals surface area contributed by atoms with Crippen molar-refractivity contribution in [3.05, 3.63) is 54.1 Å². The molecule has 1 aliphatic rings. The average Bonchev–Trinajstić information content (AvgIpc) is 2.68. The van der Waals surface area contributed by atoms with Crippen molar-refractivity contribution in [1.29, 1.82) is 0 Å². The van der Waals surface area contributed by atoms with E-state index in [2.05, 4.69) is 21.6 Å². The van der Waals surface area contributed by atoms with Crippen LogP contribution >= 0.6 is 12.2 Å². The number of ether oxygens (including phenoxy) is 1. The van der Waals surface area contributed by atoms with Gasteiger partial charge >= 0.3 is 0 Å². The smallest absolute Gasteiger partial charge is 0.264 e. The predicted octanol–water partition coefficient (Wildman–Crippen LogP) is 3.88. The first-order valence-corrected chi connectivity index (χ1v) is 9.67. The van der Waals surface area contributed by atoms with Crippen LogP contribution in [0.4, 0.5) is 11.4 Å². The zero-order valence-electron chi connectivity index (χ0n) is 15.5. The Balaban J connectivity index is 1.54. The molecule has 2 N–H and O–H groups in total. The van der Waals surface area contributed by atoms with Crippen LogP contribution in [0.15, 0.2) is 48.5 Å². The molecule has 2 aromatic rings. The van der Waals surface area contributed by atoms with E-state index >= 15 is 0 Å². The fraction of sp³-hybridized carbons (Fsp3) is 0.333. The van der Waals surface area contributed by atoms with E-state index in [1.165, 1.54) is 19.3 Å². The molecule has 0 spiro atoms. The van der Waals surface area contributed by atoms with Crippen LogP contribution in [0.2, 0.25) is 0 Å². The Morgan fingerprint density at radius 2 is 1.78 bits per heavy atom. The SMILES string of the molecule is Cc1ccccc1OCC(=O)NC(=S)Nc1ccccc1N1CCCCC1. The van der Waals surface area contributed by atoms with Crippen LogP contribution < -0.4 is 20.3 Å². The van der Waals surface area contributed by atoms with Crippen molar-refractivity contribution in [2.45, 2.75) is 26.2 Å². The third-order valence-electron chi connectivity index (χ3n) is 4.55. The summed E-state index contributed by atoms with van der Waals surface area (Å²) in [5.41, 5.74) is 3.01. The van der Waals surface area contributed by atoms with Crippen molar-refractivity contribution in [3.8, 4) is 5.75 Å². The quantitative estimate of drug-likeness (QED) is 0.768. The number of hydrogen-bond acceptors (Lipinski definition) is 4. The molecule has 0 saturated carbocycles. The highest BCUT2D eigenvalue weighted by Gasteiger charge is 2.15. The van der Waals surface area contributed by atoms with Crippen molar-refractivity contribution >= 4 is 34.6 Å². The van der Waals surface area contributed by atoms with Gasteiger partial charge in [-0.2, -0.15) is 0 Å². The molecule has 0 bridgehead atoms. The van der Waals surface area contributed by atoms with Gasteiger partial charge in [0.2, 0.25) is 0 Å². The number of nitrogens with zero attached hydrogens (tertiary/aromatic N) is 1. The van der Waals surface area contributed by atoms with E-state index in [4.69, 9.17) is 17.0 Å². The first kappa shape index (κ1) is 19.2. The summed E-state index contributed by atoms with van der Waals surface area (Å²) in [6.07, 6.45) is 3.68. The molecule has 3 rings (SSSR count). The maximum atomic E-state index is 12.1. The van der Waals surface area contributed by atoms with Gasteiger partial charge in [0, 0.05) is 13.1 Å². The number of para-hydroxylation sites is 3. The molecule has 0 unspecified atom stereocenters. The molecule has 0 aromatic heterocycles. The molecule has 1 saturated heterocycles. The molecule has 0 aliphatic carbocycles. The number of amides is 1. The topological polar surface area (TPSA) is 53.6 Å². The molecule has 1 fully saturated rings. The molecule has 27 heavy (non-hydrogen) atoms. The Hall–Kier alpha value is -2.60. The Bertz CT molecular complexity index is 804. The molecule has 0 radical (unpaired) electrons. The summed E-state index contributed by atoms with van der Waals surface area (Å²) in [7, 11) is 0. The number of thiocarbonyl (C=S) groups is 1. The monoisotopic (exact) mass is 383 g/mol. The highest BCUT2D eigenvalue weighted by molar-refractivity contribution is 7.80. The standard InChI is InChI=1S/C21H25N3O2S/c1-16-9-3-6-12-19(16)26-15-20(25)23-21(27)22-17-10-4-5-11-18(17)24-13-7-2-8-14-24/h3-6,9-12H,2,7-8,13-15H2,1H3,(H2,22,23,25,27). The third-order valence-corrected chi connectivity index (χ3v) is 4.76. The number of piperidine rings is 1. The number of hydrogen-bond donors (Lipinski definition) is 2. The summed E-state index contributed by atoms with van der Waals surface area (Å²) in [4.78, 5) is 14.5. The molecule has 1 amide bonds. The molecular formula is C21H25N3O2S. The Morgan fingerprint density at radius 3 is 2.56 bits per heavy atom. The minimum absolute atomic E-state index is 0.0829. The molecule has 1 aliphatic heterocycles. The summed E-state index contributed by atoms with van der Waals surface area (Å²) < 4.78 is 5.56. The van der Waals surface area contributed by atoms with Crippen molar-refractivity contribution in [3.63, 3.8) is 0 Å². The average molecular weight is 384 g/mol. The van der Waals surface area contributed by atoms with Gasteiger partial charge in [-0.25, -0.2) is 0 Å². The zero-order chi connectivity index (χ0) is 19.1. The maximum Gasteiger partial charge on any atom is 0.264 e. The summed E-state index contributed by atoms with van der Waals surface area (Å²) in [6.45, 7) is 3.95. The Morgan fingerprint density at radius 1 is 1.07 bits per heavy atom. The minimum Gasteiger partial charge on any atom is -0.483 e. The zero-order valence-corrected chi connectivity index (χ0v) is 16.3. The van der Waals surface area contributed by atoms with Crippen LogP contribution in [0.1, 0.15) is 24.8 Å². The van der Waals surface area contributed by atoms with E-state index in [0.29, 0.717) is 5.75 Å². The number of carbonyl (C=O) groups is 1. The fourth-order valence-electron chi connectivity index (χ4n) is 3.17. The van der Waals surface area contributed by atoms with Crippen molar-refractivity contribution in [1.82, 2.24) is 5.32 Å². The largest absolute Gasteiger partial charge is 0.483 e. The molecule has 6 heteroatoms. The molecule has 5 nitrogen and oxygen atoms in total. The number of rotatable bonds is 5. The van der Waals surface area contributed by atoms with Crippen LogP contribution in [-0.4, -0.2) is 30.7 Å². The van der Waals surface area contributed by atoms with Gasteiger partial charge < -0.3 is 15.0 Å². The van der Waals surface area contributed by atoms with Gasteiger partial charge in [-0.3, -0.25) is 10.1 Å². The number of aryl methyl sites for hydroxylation is 1. The van der Waals surface area contributed by atoms with Crippen molar-refractivity contribution in [2.24, 2.45) is 0 Å². The molecule has 0 atom stereocenters. The lowest BCUT2D eigenvalue weighted by atomic mass is 10.1. The lowest BCUT2D eigenvalue weighted by Gasteiger charge is -2.30. The number of anilines is 2. The van der Waals surface area contributed by atoms with E-state index in [1.807, 2.05) is 49.4 Å². The molecule has 2 aromatic carbocycles. The van der Waals surface area contributed by atoms with E-state index in [1.54, 1.807) is 0 Å². The van der Waals surface area contributed by atoms with Gasteiger partial charge in [-0.1, -0.05) is 30.3 Å². The summed E-state index contributed by atoms with van der Waals surface area (Å²) in [5.74, 6) is 0.410. The van der Waals surface area contributed by atoms with Crippen molar-refractivity contribution < 1.29 is 9.53 Å². The second-order valence-electron chi connectivity index (χ2n) is 6.62. The first-order valence-electron chi connectivity index (χ1n) is 9.27. The lowest BCUT2D eigenvalue weighted by molar-refractivity contribution is -0.121. The van der Waals surface area contributed by atoms with E-state index in [-0.39, 0.29) is 17.6 Å². The van der Waals surface area contributed by atoms with Crippen molar-refractivity contribution in [2.75, 3.05) is 29.9 Å². The molecule has 142 valence electrons. The second-order valence-corrected chi connectivity index (χ2v) is 7.03. The third kappa shape index (κ3) is 5.44. The predicted molar refractivity (Wildman–Crippen MR) is 114 cm³/mol. The van der Waals surface area contributed by atoms with Gasteiger partial charge in [0.05, 0.1) is 11.4 Å². The van der Waals surface area contributed by atoms with E-state index < -0.39 is 0 Å². The van der Waals surface area contributed by atoms with Gasteiger partial charge in [0.15, 0.2) is 11.7 Å². The van der Waals surface area contributed by atoms with Crippen LogP contribution in [0, 0.1) is 6.92 Å². The highest BCUT2D eigenvalue weighted by Crippen LogP contribution is 2.28. The lowest BCUT2D eigenvalue weighted by Crippen LogP contribution is -2.38. The van der Waals surface area contributed by atoms with Crippen LogP contribution in [0.25, 0.3) is 0 Å². The summed E-state index contributed by atoms with van der Waals surface area (Å²) in [5, 5.41) is 6.11. The second kappa shape index (κ2) is 9.37. The molecule has 1 heterocycles. The Labute approximate surface area is 165 Å². The van der Waals surface area contributed by atoms with Gasteiger partial charge in [0.1, 0.15) is 5.75 Å². The number of benzene rings is 2. The van der Waals surface area contributed by atoms with Crippen LogP contribution in [0.5, 0.6) is 5.75 Å². The highest BCUT2D eigenvalue weighted by atomic mass is 32.1. The Kier molecular flexibility index (Phi) is 6.65.